The Labute approximate surface area is 134 Å². The fourth-order valence-electron chi connectivity index (χ4n) is 1.62. The number of nitrogens with zero attached hydrogens (tertiary/aromatic N) is 1. The number of rotatable bonds is 2. The Kier molecular flexibility index (Phi) is 5.53. The van der Waals surface area contributed by atoms with Crippen molar-refractivity contribution in [2.75, 3.05) is 7.11 Å². The van der Waals surface area contributed by atoms with Crippen molar-refractivity contribution in [3.63, 3.8) is 0 Å². The predicted molar refractivity (Wildman–Crippen MR) is 77.7 cm³/mol. The minimum atomic E-state index is 0. The first kappa shape index (κ1) is 15.4. The molecule has 0 unspecified atom stereocenters. The van der Waals surface area contributed by atoms with Gasteiger partial charge in [-0.15, -0.1) is 0 Å². The van der Waals surface area contributed by atoms with Gasteiger partial charge < -0.3 is 9.47 Å². The van der Waals surface area contributed by atoms with Crippen molar-refractivity contribution in [2.45, 2.75) is 13.8 Å². The zero-order valence-corrected chi connectivity index (χ0v) is 13.8. The molecule has 0 aliphatic carbocycles. The molecule has 0 amide bonds. The molecule has 0 atom stereocenters. The van der Waals surface area contributed by atoms with Crippen LogP contribution in [0.1, 0.15) is 12.6 Å². The summed E-state index contributed by atoms with van der Waals surface area (Å²) < 4.78 is 10.6. The number of thiocarbonyl (C=S) groups is 1. The summed E-state index contributed by atoms with van der Waals surface area (Å²) >= 11 is 4.93. The van der Waals surface area contributed by atoms with Gasteiger partial charge in [0.25, 0.3) is 0 Å². The molecule has 1 aromatic heterocycles. The molecule has 5 heteroatoms. The summed E-state index contributed by atoms with van der Waals surface area (Å²) in [7, 11) is 1.64. The van der Waals surface area contributed by atoms with Crippen molar-refractivity contribution in [3.8, 4) is 11.5 Å². The molecule has 18 heavy (non-hydrogen) atoms. The molecule has 3 nitrogen and oxygen atoms in total. The first-order chi connectivity index (χ1) is 8.10. The minimum absolute atomic E-state index is 0. The van der Waals surface area contributed by atoms with Crippen LogP contribution in [-0.4, -0.2) is 46.7 Å². The topological polar surface area (TPSA) is 31.4 Å². The molecular formula is C13H13NNaO2S. The third kappa shape index (κ3) is 3.42. The van der Waals surface area contributed by atoms with Gasteiger partial charge in [-0.3, -0.25) is 0 Å². The molecule has 2 rings (SSSR count). The van der Waals surface area contributed by atoms with Crippen molar-refractivity contribution in [1.82, 2.24) is 4.98 Å². The van der Waals surface area contributed by atoms with Gasteiger partial charge in [-0.1, -0.05) is 0 Å². The van der Waals surface area contributed by atoms with E-state index in [-0.39, 0.29) is 29.6 Å². The smallest absolute Gasteiger partial charge is 0.164 e. The van der Waals surface area contributed by atoms with Gasteiger partial charge in [-0.05, 0) is 43.4 Å². The summed E-state index contributed by atoms with van der Waals surface area (Å²) in [5.74, 6) is 1.49. The fraction of sp³-hybridized carbons (Fsp3) is 0.231. The minimum Gasteiger partial charge on any atom is -0.497 e. The molecular weight excluding hydrogens is 257 g/mol. The second-order valence-electron chi connectivity index (χ2n) is 3.72. The Hall–Kier alpha value is -0.680. The zero-order valence-electron chi connectivity index (χ0n) is 11.0. The number of aromatic nitrogens is 1. The Morgan fingerprint density at radius 3 is 2.61 bits per heavy atom. The van der Waals surface area contributed by atoms with Gasteiger partial charge in [0.15, 0.2) is 5.05 Å². The van der Waals surface area contributed by atoms with Crippen LogP contribution >= 0.6 is 12.2 Å². The van der Waals surface area contributed by atoms with E-state index in [2.05, 4.69) is 4.98 Å². The van der Waals surface area contributed by atoms with E-state index in [9.17, 15) is 0 Å². The Bertz CT molecular complexity index is 586. The van der Waals surface area contributed by atoms with Crippen LogP contribution in [0.4, 0.5) is 0 Å². The number of hydrogen-bond donors (Lipinski definition) is 0. The maximum Gasteiger partial charge on any atom is 0.164 e. The van der Waals surface area contributed by atoms with E-state index in [1.807, 2.05) is 31.2 Å². The summed E-state index contributed by atoms with van der Waals surface area (Å²) in [6, 6.07) is 7.66. The monoisotopic (exact) mass is 270 g/mol. The maximum absolute atomic E-state index is 5.45. The molecule has 1 heterocycles. The van der Waals surface area contributed by atoms with Crippen LogP contribution in [0, 0.1) is 6.92 Å². The Morgan fingerprint density at radius 1 is 1.28 bits per heavy atom. The van der Waals surface area contributed by atoms with Gasteiger partial charge in [0.2, 0.25) is 0 Å². The number of fused-ring (bicyclic) bond motifs is 1. The van der Waals surface area contributed by atoms with Gasteiger partial charge in [0.05, 0.1) is 18.3 Å². The molecule has 0 bridgehead atoms. The van der Waals surface area contributed by atoms with Gasteiger partial charge in [0, 0.05) is 41.9 Å². The summed E-state index contributed by atoms with van der Waals surface area (Å²) in [6.07, 6.45) is 0. The number of hydrogen-bond acceptors (Lipinski definition) is 4. The van der Waals surface area contributed by atoms with E-state index >= 15 is 0 Å². The van der Waals surface area contributed by atoms with Crippen molar-refractivity contribution in [2.24, 2.45) is 0 Å². The van der Waals surface area contributed by atoms with Crippen LogP contribution in [0.25, 0.3) is 10.9 Å². The van der Waals surface area contributed by atoms with Crippen LogP contribution < -0.4 is 9.47 Å². The quantitative estimate of drug-likeness (QED) is 0.620. The largest absolute Gasteiger partial charge is 0.497 e. The molecule has 1 radical (unpaired) electrons. The zero-order chi connectivity index (χ0) is 12.4. The maximum atomic E-state index is 5.45. The molecule has 89 valence electrons. The van der Waals surface area contributed by atoms with E-state index in [0.29, 0.717) is 10.8 Å². The number of aryl methyl sites for hydroxylation is 1. The summed E-state index contributed by atoms with van der Waals surface area (Å²) in [4.78, 5) is 4.46. The third-order valence-electron chi connectivity index (χ3n) is 2.42. The van der Waals surface area contributed by atoms with Crippen molar-refractivity contribution in [1.29, 1.82) is 0 Å². The van der Waals surface area contributed by atoms with E-state index in [4.69, 9.17) is 21.7 Å². The normalized spacial score (nSPS) is 9.72. The van der Waals surface area contributed by atoms with Crippen molar-refractivity contribution < 1.29 is 9.47 Å². The van der Waals surface area contributed by atoms with Crippen LogP contribution in [0.2, 0.25) is 0 Å². The second kappa shape index (κ2) is 6.48. The first-order valence-corrected chi connectivity index (χ1v) is 5.65. The molecule has 0 spiro atoms. The second-order valence-corrected chi connectivity index (χ2v) is 4.30. The number of benzene rings is 1. The van der Waals surface area contributed by atoms with E-state index < -0.39 is 0 Å². The van der Waals surface area contributed by atoms with Crippen molar-refractivity contribution >= 4 is 57.7 Å². The van der Waals surface area contributed by atoms with E-state index in [1.54, 1.807) is 14.0 Å². The molecule has 0 fully saturated rings. The van der Waals surface area contributed by atoms with Gasteiger partial charge in [-0.2, -0.15) is 0 Å². The van der Waals surface area contributed by atoms with Crippen molar-refractivity contribution in [3.05, 3.63) is 30.0 Å². The molecule has 2 aromatic rings. The van der Waals surface area contributed by atoms with Gasteiger partial charge in [0.1, 0.15) is 11.5 Å². The van der Waals surface area contributed by atoms with Gasteiger partial charge >= 0.3 is 0 Å². The Morgan fingerprint density at radius 2 is 2.00 bits per heavy atom. The third-order valence-corrected chi connectivity index (χ3v) is 2.50. The fourth-order valence-corrected chi connectivity index (χ4v) is 1.71. The molecule has 0 N–H and O–H groups in total. The molecule has 1 aromatic carbocycles. The predicted octanol–water partition coefficient (Wildman–Crippen LogP) is 2.90. The van der Waals surface area contributed by atoms with Crippen LogP contribution in [0.5, 0.6) is 11.5 Å². The van der Waals surface area contributed by atoms with Crippen LogP contribution in [-0.2, 0) is 0 Å². The average molecular weight is 270 g/mol. The van der Waals surface area contributed by atoms with Gasteiger partial charge in [-0.25, -0.2) is 4.98 Å². The standard InChI is InChI=1S/C13H13NO2S.Na/c1-8-13(16-9(2)17)7-10-6-11(15-3)4-5-12(10)14-8;/h4-7H,1-3H3;. The summed E-state index contributed by atoms with van der Waals surface area (Å²) in [6.45, 7) is 3.64. The summed E-state index contributed by atoms with van der Waals surface area (Å²) in [5.41, 5.74) is 1.74. The molecule has 0 saturated carbocycles. The molecule has 0 aliphatic rings. The number of pyridine rings is 1. The summed E-state index contributed by atoms with van der Waals surface area (Å²) in [5, 5.41) is 1.46. The molecule has 0 aliphatic heterocycles. The molecule has 0 saturated heterocycles. The van der Waals surface area contributed by atoms with E-state index in [0.717, 1.165) is 22.3 Å². The number of methoxy groups -OCH3 is 1. The van der Waals surface area contributed by atoms with Crippen LogP contribution in [0.15, 0.2) is 24.3 Å². The SMILES string of the molecule is COc1ccc2nc(C)c(OC(C)=S)cc2c1.[Na]. The first-order valence-electron chi connectivity index (χ1n) is 5.24. The average Bonchev–Trinajstić information content (AvgIpc) is 2.29. The van der Waals surface area contributed by atoms with E-state index in [1.165, 1.54) is 0 Å². The van der Waals surface area contributed by atoms with Crippen LogP contribution in [0.3, 0.4) is 0 Å². The number of ether oxygens (including phenoxy) is 2. The Balaban J connectivity index is 0.00000162.